The van der Waals surface area contributed by atoms with Crippen molar-refractivity contribution in [2.45, 2.75) is 18.6 Å². The minimum atomic E-state index is -0.988. The summed E-state index contributed by atoms with van der Waals surface area (Å²) in [5.74, 6) is -0.109. The number of rotatable bonds is 2. The number of anilines is 1. The molecule has 102 valence electrons. The van der Waals surface area contributed by atoms with Gasteiger partial charge in [-0.05, 0) is 28.9 Å². The normalized spacial score (nSPS) is 23.7. The number of halogens is 3. The molecule has 2 aromatic heterocycles. The van der Waals surface area contributed by atoms with Crippen LogP contribution in [0.2, 0.25) is 0 Å². The van der Waals surface area contributed by atoms with E-state index in [-0.39, 0.29) is 11.6 Å². The molecule has 2 unspecified atom stereocenters. The SMILES string of the molecule is Fc1cc(Br)n2nc(NC3CCNCC3F)ncc12. The summed E-state index contributed by atoms with van der Waals surface area (Å²) in [4.78, 5) is 4.02. The van der Waals surface area contributed by atoms with Crippen LogP contribution in [0, 0.1) is 5.82 Å². The fraction of sp³-hybridized carbons (Fsp3) is 0.455. The molecule has 0 radical (unpaired) electrons. The van der Waals surface area contributed by atoms with Gasteiger partial charge in [0.15, 0.2) is 5.82 Å². The molecule has 2 aromatic rings. The smallest absolute Gasteiger partial charge is 0.241 e. The molecular weight excluding hydrogens is 320 g/mol. The van der Waals surface area contributed by atoms with Gasteiger partial charge in [-0.15, -0.1) is 5.10 Å². The van der Waals surface area contributed by atoms with E-state index < -0.39 is 12.0 Å². The molecule has 1 saturated heterocycles. The average molecular weight is 332 g/mol. The monoisotopic (exact) mass is 331 g/mol. The molecule has 2 atom stereocenters. The molecule has 0 spiro atoms. The Morgan fingerprint density at radius 3 is 3.16 bits per heavy atom. The Balaban J connectivity index is 1.86. The number of hydrogen-bond acceptors (Lipinski definition) is 4. The molecule has 0 amide bonds. The number of nitrogens with zero attached hydrogens (tertiary/aromatic N) is 3. The van der Waals surface area contributed by atoms with E-state index in [0.29, 0.717) is 23.5 Å². The highest BCUT2D eigenvalue weighted by Crippen LogP contribution is 2.20. The topological polar surface area (TPSA) is 54.2 Å². The van der Waals surface area contributed by atoms with Gasteiger partial charge in [-0.25, -0.2) is 18.3 Å². The zero-order valence-corrected chi connectivity index (χ0v) is 11.5. The van der Waals surface area contributed by atoms with Crippen LogP contribution in [-0.4, -0.2) is 39.9 Å². The summed E-state index contributed by atoms with van der Waals surface area (Å²) in [6, 6.07) is 0.994. The molecule has 1 aliphatic rings. The van der Waals surface area contributed by atoms with Crippen molar-refractivity contribution in [2.24, 2.45) is 0 Å². The molecule has 0 aliphatic carbocycles. The average Bonchev–Trinajstić information content (AvgIpc) is 2.68. The summed E-state index contributed by atoms with van der Waals surface area (Å²) < 4.78 is 29.0. The molecule has 19 heavy (non-hydrogen) atoms. The summed E-state index contributed by atoms with van der Waals surface area (Å²) >= 11 is 3.21. The van der Waals surface area contributed by atoms with Crippen LogP contribution in [0.15, 0.2) is 16.9 Å². The standard InChI is InChI=1S/C11H12BrF2N5/c12-10-3-6(13)9-5-16-11(18-19(9)10)17-8-1-2-15-4-7(8)14/h3,5,7-8,15H,1-2,4H2,(H,17,18). The molecule has 0 aromatic carbocycles. The first-order chi connectivity index (χ1) is 9.15. The summed E-state index contributed by atoms with van der Waals surface area (Å²) in [6.07, 6.45) is 1.05. The lowest BCUT2D eigenvalue weighted by molar-refractivity contribution is 0.244. The first kappa shape index (κ1) is 12.7. The first-order valence-electron chi connectivity index (χ1n) is 5.96. The Morgan fingerprint density at radius 1 is 1.53 bits per heavy atom. The molecule has 5 nitrogen and oxygen atoms in total. The van der Waals surface area contributed by atoms with E-state index in [1.54, 1.807) is 0 Å². The van der Waals surface area contributed by atoms with Gasteiger partial charge in [-0.3, -0.25) is 0 Å². The number of alkyl halides is 1. The Bertz CT molecular complexity index is 602. The van der Waals surface area contributed by atoms with Crippen LogP contribution in [0.1, 0.15) is 6.42 Å². The fourth-order valence-corrected chi connectivity index (χ4v) is 2.60. The largest absolute Gasteiger partial charge is 0.347 e. The van der Waals surface area contributed by atoms with E-state index in [9.17, 15) is 8.78 Å². The zero-order chi connectivity index (χ0) is 13.4. The van der Waals surface area contributed by atoms with Crippen LogP contribution >= 0.6 is 15.9 Å². The van der Waals surface area contributed by atoms with Crippen LogP contribution < -0.4 is 10.6 Å². The quantitative estimate of drug-likeness (QED) is 0.880. The van der Waals surface area contributed by atoms with Crippen LogP contribution in [0.4, 0.5) is 14.7 Å². The molecule has 2 N–H and O–H groups in total. The third-order valence-corrected chi connectivity index (χ3v) is 3.71. The molecule has 0 bridgehead atoms. The maximum atomic E-state index is 13.7. The highest BCUT2D eigenvalue weighted by molar-refractivity contribution is 9.10. The summed E-state index contributed by atoms with van der Waals surface area (Å²) in [7, 11) is 0. The predicted octanol–water partition coefficient (Wildman–Crippen LogP) is 1.74. The van der Waals surface area contributed by atoms with Crippen molar-refractivity contribution in [1.29, 1.82) is 0 Å². The fourth-order valence-electron chi connectivity index (χ4n) is 2.13. The third-order valence-electron chi connectivity index (χ3n) is 3.15. The highest BCUT2D eigenvalue weighted by Gasteiger charge is 2.25. The van der Waals surface area contributed by atoms with Crippen molar-refractivity contribution in [1.82, 2.24) is 19.9 Å². The molecule has 1 fully saturated rings. The Hall–Kier alpha value is -1.28. The van der Waals surface area contributed by atoms with Gasteiger partial charge in [0, 0.05) is 12.6 Å². The van der Waals surface area contributed by atoms with Gasteiger partial charge in [0.1, 0.15) is 16.3 Å². The summed E-state index contributed by atoms with van der Waals surface area (Å²) in [5, 5.41) is 10.1. The van der Waals surface area contributed by atoms with Crippen LogP contribution in [0.25, 0.3) is 5.52 Å². The molecule has 1 aliphatic heterocycles. The minimum absolute atomic E-state index is 0.277. The second-order valence-electron chi connectivity index (χ2n) is 4.45. The van der Waals surface area contributed by atoms with Crippen molar-refractivity contribution >= 4 is 27.4 Å². The van der Waals surface area contributed by atoms with Gasteiger partial charge in [-0.1, -0.05) is 0 Å². The van der Waals surface area contributed by atoms with Gasteiger partial charge in [0.05, 0.1) is 12.2 Å². The minimum Gasteiger partial charge on any atom is -0.347 e. The Labute approximate surface area is 116 Å². The van der Waals surface area contributed by atoms with Gasteiger partial charge in [-0.2, -0.15) is 0 Å². The van der Waals surface area contributed by atoms with Crippen molar-refractivity contribution in [3.8, 4) is 0 Å². The third kappa shape index (κ3) is 2.42. The van der Waals surface area contributed by atoms with E-state index in [1.165, 1.54) is 16.8 Å². The lowest BCUT2D eigenvalue weighted by atomic mass is 10.1. The van der Waals surface area contributed by atoms with Gasteiger partial charge >= 0.3 is 0 Å². The first-order valence-corrected chi connectivity index (χ1v) is 6.75. The molecule has 3 rings (SSSR count). The Morgan fingerprint density at radius 2 is 2.37 bits per heavy atom. The van der Waals surface area contributed by atoms with E-state index in [1.807, 2.05) is 0 Å². The lowest BCUT2D eigenvalue weighted by Gasteiger charge is -2.27. The van der Waals surface area contributed by atoms with E-state index in [4.69, 9.17) is 0 Å². The number of nitrogens with one attached hydrogen (secondary N) is 2. The van der Waals surface area contributed by atoms with Gasteiger partial charge in [0.25, 0.3) is 0 Å². The highest BCUT2D eigenvalue weighted by atomic mass is 79.9. The zero-order valence-electron chi connectivity index (χ0n) is 9.91. The van der Waals surface area contributed by atoms with Crippen LogP contribution in [0.5, 0.6) is 0 Å². The second-order valence-corrected chi connectivity index (χ2v) is 5.27. The maximum absolute atomic E-state index is 13.7. The van der Waals surface area contributed by atoms with E-state index in [0.717, 1.165) is 6.54 Å². The van der Waals surface area contributed by atoms with E-state index in [2.05, 4.69) is 36.6 Å². The molecule has 8 heteroatoms. The van der Waals surface area contributed by atoms with Crippen molar-refractivity contribution < 1.29 is 8.78 Å². The number of piperidine rings is 1. The molecule has 3 heterocycles. The van der Waals surface area contributed by atoms with Crippen LogP contribution in [0.3, 0.4) is 0 Å². The van der Waals surface area contributed by atoms with Crippen LogP contribution in [-0.2, 0) is 0 Å². The molecule has 0 saturated carbocycles. The summed E-state index contributed by atoms with van der Waals surface area (Å²) in [5.41, 5.74) is 0.277. The second kappa shape index (κ2) is 5.01. The lowest BCUT2D eigenvalue weighted by Crippen LogP contribution is -2.45. The predicted molar refractivity (Wildman–Crippen MR) is 70.4 cm³/mol. The molecular formula is C11H12BrF2N5. The number of fused-ring (bicyclic) bond motifs is 1. The maximum Gasteiger partial charge on any atom is 0.241 e. The Kier molecular flexibility index (Phi) is 3.36. The van der Waals surface area contributed by atoms with Gasteiger partial charge in [0.2, 0.25) is 5.95 Å². The van der Waals surface area contributed by atoms with Crippen molar-refractivity contribution in [3.05, 3.63) is 22.7 Å². The summed E-state index contributed by atoms with van der Waals surface area (Å²) in [6.45, 7) is 1.07. The number of aromatic nitrogens is 3. The van der Waals surface area contributed by atoms with Gasteiger partial charge < -0.3 is 10.6 Å². The number of hydrogen-bond donors (Lipinski definition) is 2. The van der Waals surface area contributed by atoms with Crippen molar-refractivity contribution in [3.63, 3.8) is 0 Å². The van der Waals surface area contributed by atoms with E-state index >= 15 is 0 Å². The van der Waals surface area contributed by atoms with Crippen molar-refractivity contribution in [2.75, 3.05) is 18.4 Å².